The molecule has 2 aliphatic heterocycles. The minimum Gasteiger partial charge on any atom is -0.459 e. The molecule has 33 heavy (non-hydrogen) atoms. The van der Waals surface area contributed by atoms with E-state index >= 15 is 0 Å². The van der Waals surface area contributed by atoms with Gasteiger partial charge in [-0.3, -0.25) is 9.59 Å². The summed E-state index contributed by atoms with van der Waals surface area (Å²) in [6.07, 6.45) is 4.21. The van der Waals surface area contributed by atoms with Crippen LogP contribution in [-0.2, 0) is 32.3 Å². The van der Waals surface area contributed by atoms with Crippen LogP contribution in [0, 0.1) is 0 Å². The van der Waals surface area contributed by atoms with Gasteiger partial charge >= 0.3 is 0 Å². The summed E-state index contributed by atoms with van der Waals surface area (Å²) in [5.41, 5.74) is 2.96. The fraction of sp³-hybridized carbons (Fsp3) is 0.440. The topological polar surface area (TPSA) is 88.1 Å². The molecular weight excluding hydrogens is 440 g/mol. The fourth-order valence-corrected chi connectivity index (χ4v) is 4.79. The molecule has 176 valence electrons. The number of ether oxygens (including phenoxy) is 2. The molecule has 1 aromatic carbocycles. The number of hydrogen-bond donors (Lipinski definition) is 2. The number of aliphatic hydroxyl groups excluding tert-OH is 1. The number of hydrogen-bond acceptors (Lipinski definition) is 6. The van der Waals surface area contributed by atoms with E-state index in [-0.39, 0.29) is 30.1 Å². The van der Waals surface area contributed by atoms with Gasteiger partial charge in [0.05, 0.1) is 13.2 Å². The molecule has 0 unspecified atom stereocenters. The van der Waals surface area contributed by atoms with Crippen LogP contribution in [0.5, 0.6) is 0 Å². The first-order valence-electron chi connectivity index (χ1n) is 11.4. The summed E-state index contributed by atoms with van der Waals surface area (Å²) < 4.78 is 11.9. The van der Waals surface area contributed by atoms with Crippen LogP contribution < -0.4 is 5.32 Å². The lowest BCUT2D eigenvalue weighted by molar-refractivity contribution is -0.150. The smallest absolute Gasteiger partial charge is 0.286 e. The first-order valence-corrected chi connectivity index (χ1v) is 12.3. The van der Waals surface area contributed by atoms with E-state index in [4.69, 9.17) is 9.47 Å². The predicted octanol–water partition coefficient (Wildman–Crippen LogP) is 3.30. The molecule has 1 fully saturated rings. The molecule has 2 atom stereocenters. The lowest BCUT2D eigenvalue weighted by Gasteiger charge is -2.29. The minimum absolute atomic E-state index is 0.00675. The number of aliphatic hydroxyl groups is 1. The number of allylic oxidation sites excluding steroid dienone is 1. The summed E-state index contributed by atoms with van der Waals surface area (Å²) in [6, 6.07) is 9.62. The summed E-state index contributed by atoms with van der Waals surface area (Å²) in [7, 11) is 0. The van der Waals surface area contributed by atoms with Gasteiger partial charge in [-0.25, -0.2) is 0 Å². The average molecular weight is 471 g/mol. The first-order chi connectivity index (χ1) is 16.1. The Kier molecular flexibility index (Phi) is 8.15. The second kappa shape index (κ2) is 11.4. The highest BCUT2D eigenvalue weighted by Crippen LogP contribution is 2.33. The van der Waals surface area contributed by atoms with Crippen molar-refractivity contribution in [1.29, 1.82) is 0 Å². The molecule has 8 heteroatoms. The number of benzene rings is 1. The van der Waals surface area contributed by atoms with E-state index in [1.54, 1.807) is 11.3 Å². The van der Waals surface area contributed by atoms with Crippen molar-refractivity contribution < 1.29 is 24.2 Å². The molecule has 0 bridgehead atoms. The lowest BCUT2D eigenvalue weighted by Crippen LogP contribution is -2.34. The molecule has 7 nitrogen and oxygen atoms in total. The van der Waals surface area contributed by atoms with E-state index in [1.165, 1.54) is 0 Å². The van der Waals surface area contributed by atoms with Crippen molar-refractivity contribution in [1.82, 2.24) is 10.2 Å². The van der Waals surface area contributed by atoms with Gasteiger partial charge in [-0.05, 0) is 52.4 Å². The fourth-order valence-electron chi connectivity index (χ4n) is 4.07. The van der Waals surface area contributed by atoms with Crippen LogP contribution in [0.3, 0.4) is 0 Å². The summed E-state index contributed by atoms with van der Waals surface area (Å²) in [4.78, 5) is 26.4. The highest BCUT2D eigenvalue weighted by Gasteiger charge is 2.29. The molecule has 0 radical (unpaired) electrons. The van der Waals surface area contributed by atoms with Crippen LogP contribution in [0.2, 0.25) is 0 Å². The maximum atomic E-state index is 12.8. The van der Waals surface area contributed by atoms with Crippen LogP contribution >= 0.6 is 11.3 Å². The van der Waals surface area contributed by atoms with Gasteiger partial charge in [0.25, 0.3) is 5.91 Å². The van der Waals surface area contributed by atoms with Gasteiger partial charge in [-0.2, -0.15) is 11.3 Å². The molecule has 0 saturated carbocycles. The summed E-state index contributed by atoms with van der Waals surface area (Å²) >= 11 is 1.62. The van der Waals surface area contributed by atoms with Crippen LogP contribution in [0.25, 0.3) is 0 Å². The predicted molar refractivity (Wildman–Crippen MR) is 125 cm³/mol. The number of nitrogens with zero attached hydrogens (tertiary/aromatic N) is 1. The zero-order valence-electron chi connectivity index (χ0n) is 18.6. The van der Waals surface area contributed by atoms with Gasteiger partial charge in [0.15, 0.2) is 5.76 Å². The third-order valence-corrected chi connectivity index (χ3v) is 6.66. The Labute approximate surface area is 198 Å². The van der Waals surface area contributed by atoms with Gasteiger partial charge in [0, 0.05) is 38.4 Å². The highest BCUT2D eigenvalue weighted by molar-refractivity contribution is 7.08. The minimum atomic E-state index is -0.541. The van der Waals surface area contributed by atoms with E-state index < -0.39 is 6.29 Å². The van der Waals surface area contributed by atoms with Gasteiger partial charge in [-0.15, -0.1) is 0 Å². The number of rotatable bonds is 10. The van der Waals surface area contributed by atoms with Crippen molar-refractivity contribution >= 4 is 23.2 Å². The maximum absolute atomic E-state index is 12.8. The molecule has 1 aromatic heterocycles. The van der Waals surface area contributed by atoms with Crippen LogP contribution in [0.4, 0.5) is 0 Å². The highest BCUT2D eigenvalue weighted by atomic mass is 32.1. The standard InChI is InChI=1S/C25H30N2O5S/c28-15-18-4-6-19(7-5-18)16-31-24-14-21(20-8-12-33-17-20)13-22(32-24)25(30)26-9-2-11-27-10-1-3-23(27)29/h4-8,12-13,17,21,24,28H,1-3,9-11,14-16H2,(H,26,30)/t21-,24+/m0/s1. The van der Waals surface area contributed by atoms with E-state index in [0.29, 0.717) is 39.0 Å². The Morgan fingerprint density at radius 2 is 2.06 bits per heavy atom. The zero-order chi connectivity index (χ0) is 23.0. The molecule has 2 amide bonds. The number of amides is 2. The quantitative estimate of drug-likeness (QED) is 0.520. The van der Waals surface area contributed by atoms with Crippen molar-refractivity contribution in [2.24, 2.45) is 0 Å². The first kappa shape index (κ1) is 23.5. The number of carbonyl (C=O) groups excluding carboxylic acids is 2. The molecule has 3 heterocycles. The molecule has 1 saturated heterocycles. The van der Waals surface area contributed by atoms with Gasteiger partial charge in [0.1, 0.15) is 0 Å². The van der Waals surface area contributed by atoms with Gasteiger partial charge < -0.3 is 24.8 Å². The van der Waals surface area contributed by atoms with Crippen molar-refractivity contribution in [3.8, 4) is 0 Å². The van der Waals surface area contributed by atoms with Crippen molar-refractivity contribution in [2.75, 3.05) is 19.6 Å². The zero-order valence-corrected chi connectivity index (χ0v) is 19.4. The second-order valence-electron chi connectivity index (χ2n) is 8.36. The molecule has 0 aliphatic carbocycles. The summed E-state index contributed by atoms with van der Waals surface area (Å²) in [6.45, 7) is 2.32. The van der Waals surface area contributed by atoms with Crippen LogP contribution in [-0.4, -0.2) is 47.7 Å². The SMILES string of the molecule is O=C(NCCCN1CCCC1=O)C1=C[C@H](c2ccsc2)C[C@H](OCc2ccc(CO)cc2)O1. The molecular formula is C25H30N2O5S. The molecule has 2 N–H and O–H groups in total. The molecule has 0 spiro atoms. The maximum Gasteiger partial charge on any atom is 0.286 e. The number of carbonyl (C=O) groups is 2. The Bertz CT molecular complexity index is 958. The van der Waals surface area contributed by atoms with Crippen molar-refractivity contribution in [2.45, 2.75) is 51.1 Å². The third kappa shape index (κ3) is 6.43. The van der Waals surface area contributed by atoms with Gasteiger partial charge in [-0.1, -0.05) is 24.3 Å². The van der Waals surface area contributed by atoms with E-state index in [0.717, 1.165) is 29.7 Å². The number of likely N-dealkylation sites (tertiary alicyclic amines) is 1. The van der Waals surface area contributed by atoms with Crippen LogP contribution in [0.1, 0.15) is 48.3 Å². The van der Waals surface area contributed by atoms with Crippen molar-refractivity contribution in [3.05, 3.63) is 69.6 Å². The Morgan fingerprint density at radius 3 is 2.76 bits per heavy atom. The Hall–Kier alpha value is -2.68. The number of nitrogens with one attached hydrogen (secondary N) is 1. The largest absolute Gasteiger partial charge is 0.459 e. The average Bonchev–Trinajstić information content (AvgIpc) is 3.53. The Morgan fingerprint density at radius 1 is 1.24 bits per heavy atom. The third-order valence-electron chi connectivity index (χ3n) is 5.96. The molecule has 4 rings (SSSR count). The monoisotopic (exact) mass is 470 g/mol. The van der Waals surface area contributed by atoms with Gasteiger partial charge in [0.2, 0.25) is 12.2 Å². The Balaban J connectivity index is 1.33. The number of thiophene rings is 1. The van der Waals surface area contributed by atoms with E-state index in [1.807, 2.05) is 40.6 Å². The summed E-state index contributed by atoms with van der Waals surface area (Å²) in [5.74, 6) is 0.248. The summed E-state index contributed by atoms with van der Waals surface area (Å²) in [5, 5.41) is 16.2. The molecule has 2 aliphatic rings. The van der Waals surface area contributed by atoms with E-state index in [9.17, 15) is 14.7 Å². The van der Waals surface area contributed by atoms with Crippen molar-refractivity contribution in [3.63, 3.8) is 0 Å². The van der Waals surface area contributed by atoms with Crippen LogP contribution in [0.15, 0.2) is 52.9 Å². The lowest BCUT2D eigenvalue weighted by atomic mass is 9.95. The second-order valence-corrected chi connectivity index (χ2v) is 9.14. The normalized spacial score (nSPS) is 20.5. The molecule has 2 aromatic rings. The van der Waals surface area contributed by atoms with E-state index in [2.05, 4.69) is 16.8 Å².